The molecule has 0 fully saturated rings. The fraction of sp³-hybridized carbons (Fsp3) is 0.182. The first kappa shape index (κ1) is 21.1. The number of fused-ring (bicyclic) bond motifs is 1. The molecule has 1 aliphatic rings. The van der Waals surface area contributed by atoms with E-state index in [4.69, 9.17) is 0 Å². The first-order valence-corrected chi connectivity index (χ1v) is 12.4. The van der Waals surface area contributed by atoms with Gasteiger partial charge in [-0.3, -0.25) is 14.3 Å². The van der Waals surface area contributed by atoms with Gasteiger partial charge in [-0.2, -0.15) is 0 Å². The number of sulfonamides is 1. The highest BCUT2D eigenvalue weighted by molar-refractivity contribution is 7.92. The second-order valence-corrected chi connectivity index (χ2v) is 10.1. The van der Waals surface area contributed by atoms with Crippen LogP contribution in [0.1, 0.15) is 31.2 Å². The largest absolute Gasteiger partial charge is 0.349 e. The normalized spacial score (nSPS) is 13.5. The van der Waals surface area contributed by atoms with Gasteiger partial charge >= 0.3 is 0 Å². The Hall–Kier alpha value is -3.17. The molecule has 0 radical (unpaired) electrons. The number of amides is 2. The van der Waals surface area contributed by atoms with Gasteiger partial charge in [0.25, 0.3) is 11.8 Å². The van der Waals surface area contributed by atoms with Gasteiger partial charge in [-0.1, -0.05) is 30.3 Å². The van der Waals surface area contributed by atoms with Crippen LogP contribution in [0, 0.1) is 0 Å². The van der Waals surface area contributed by atoms with Crippen LogP contribution < -0.4 is 15.4 Å². The molecule has 1 aromatic heterocycles. The van der Waals surface area contributed by atoms with Gasteiger partial charge in [0.05, 0.1) is 22.4 Å². The molecule has 3 N–H and O–H groups in total. The van der Waals surface area contributed by atoms with Crippen LogP contribution in [0.4, 0.5) is 11.4 Å². The van der Waals surface area contributed by atoms with Crippen molar-refractivity contribution < 1.29 is 18.0 Å². The molecule has 9 heteroatoms. The van der Waals surface area contributed by atoms with E-state index in [1.54, 1.807) is 29.6 Å². The highest BCUT2D eigenvalue weighted by Gasteiger charge is 2.23. The molecule has 0 spiro atoms. The number of rotatable bonds is 6. The summed E-state index contributed by atoms with van der Waals surface area (Å²) in [5.41, 5.74) is 3.75. The molecule has 1 aliphatic carbocycles. The number of carbonyl (C=O) groups is 2. The Balaban J connectivity index is 1.38. The summed E-state index contributed by atoms with van der Waals surface area (Å²) < 4.78 is 25.1. The Kier molecular flexibility index (Phi) is 5.79. The zero-order valence-corrected chi connectivity index (χ0v) is 18.3. The topological polar surface area (TPSA) is 104 Å². The summed E-state index contributed by atoms with van der Waals surface area (Å²) in [5, 5.41) is 7.43. The third-order valence-corrected chi connectivity index (χ3v) is 6.43. The van der Waals surface area contributed by atoms with Gasteiger partial charge in [0.2, 0.25) is 10.0 Å². The summed E-state index contributed by atoms with van der Waals surface area (Å²) in [6, 6.07) is 16.2. The van der Waals surface area contributed by atoms with Crippen molar-refractivity contribution in [2.45, 2.75) is 18.9 Å². The fourth-order valence-corrected chi connectivity index (χ4v) is 4.91. The molecule has 7 nitrogen and oxygen atoms in total. The number of hydrogen-bond acceptors (Lipinski definition) is 5. The van der Waals surface area contributed by atoms with Crippen molar-refractivity contribution in [3.63, 3.8) is 0 Å². The van der Waals surface area contributed by atoms with Gasteiger partial charge in [-0.15, -0.1) is 11.3 Å². The van der Waals surface area contributed by atoms with Crippen molar-refractivity contribution in [1.29, 1.82) is 0 Å². The smallest absolute Gasteiger partial charge is 0.265 e. The summed E-state index contributed by atoms with van der Waals surface area (Å²) in [7, 11) is -3.41. The zero-order chi connectivity index (χ0) is 22.0. The SMILES string of the molecule is CS(=O)(=O)Nc1cccc(NC(=O)c2cc(C(=O)NC3Cc4ccccc4C3)cs2)c1. The zero-order valence-electron chi connectivity index (χ0n) is 16.7. The van der Waals surface area contributed by atoms with Crippen LogP contribution in [-0.4, -0.2) is 32.5 Å². The van der Waals surface area contributed by atoms with Crippen LogP contribution in [0.25, 0.3) is 0 Å². The Morgan fingerprint density at radius 2 is 1.61 bits per heavy atom. The van der Waals surface area contributed by atoms with Gasteiger partial charge in [-0.05, 0) is 48.2 Å². The molecule has 2 amide bonds. The molecular formula is C22H21N3O4S2. The van der Waals surface area contributed by atoms with E-state index in [-0.39, 0.29) is 17.9 Å². The van der Waals surface area contributed by atoms with Crippen molar-refractivity contribution >= 4 is 44.5 Å². The lowest BCUT2D eigenvalue weighted by molar-refractivity contribution is 0.0939. The average Bonchev–Trinajstić information content (AvgIpc) is 3.34. The second-order valence-electron chi connectivity index (χ2n) is 7.46. The second kappa shape index (κ2) is 8.52. The molecule has 2 aromatic carbocycles. The highest BCUT2D eigenvalue weighted by atomic mass is 32.2. The minimum Gasteiger partial charge on any atom is -0.349 e. The molecule has 0 bridgehead atoms. The Bertz CT molecular complexity index is 1230. The van der Waals surface area contributed by atoms with Crippen LogP contribution in [0.15, 0.2) is 60.0 Å². The third kappa shape index (κ3) is 5.31. The lowest BCUT2D eigenvalue weighted by atomic mass is 10.1. The summed E-state index contributed by atoms with van der Waals surface area (Å²) in [4.78, 5) is 25.6. The molecule has 31 heavy (non-hydrogen) atoms. The average molecular weight is 456 g/mol. The molecule has 0 aliphatic heterocycles. The number of benzene rings is 2. The maximum Gasteiger partial charge on any atom is 0.265 e. The molecule has 0 saturated carbocycles. The molecule has 0 unspecified atom stereocenters. The van der Waals surface area contributed by atoms with Crippen LogP contribution in [0.2, 0.25) is 0 Å². The van der Waals surface area contributed by atoms with Gasteiger partial charge in [-0.25, -0.2) is 8.42 Å². The van der Waals surface area contributed by atoms with E-state index >= 15 is 0 Å². The number of nitrogens with one attached hydrogen (secondary N) is 3. The first-order valence-electron chi connectivity index (χ1n) is 9.62. The van der Waals surface area contributed by atoms with E-state index in [1.807, 2.05) is 12.1 Å². The lowest BCUT2D eigenvalue weighted by Gasteiger charge is -2.11. The molecule has 0 saturated heterocycles. The highest BCUT2D eigenvalue weighted by Crippen LogP contribution is 2.23. The van der Waals surface area contributed by atoms with Crippen LogP contribution in [0.5, 0.6) is 0 Å². The summed E-state index contributed by atoms with van der Waals surface area (Å²) >= 11 is 1.18. The molecule has 4 rings (SSSR count). The van der Waals surface area contributed by atoms with Gasteiger partial charge < -0.3 is 10.6 Å². The maximum absolute atomic E-state index is 12.6. The van der Waals surface area contributed by atoms with Crippen molar-refractivity contribution in [1.82, 2.24) is 5.32 Å². The van der Waals surface area contributed by atoms with Gasteiger partial charge in [0.1, 0.15) is 0 Å². The monoisotopic (exact) mass is 455 g/mol. The minimum atomic E-state index is -3.41. The predicted octanol–water partition coefficient (Wildman–Crippen LogP) is 3.27. The van der Waals surface area contributed by atoms with Crippen LogP contribution in [0.3, 0.4) is 0 Å². The van der Waals surface area contributed by atoms with Crippen LogP contribution in [-0.2, 0) is 22.9 Å². The summed E-state index contributed by atoms with van der Waals surface area (Å²) in [6.07, 6.45) is 2.66. The van der Waals surface area contributed by atoms with E-state index in [1.165, 1.54) is 28.5 Å². The predicted molar refractivity (Wildman–Crippen MR) is 122 cm³/mol. The lowest BCUT2D eigenvalue weighted by Crippen LogP contribution is -2.35. The van der Waals surface area contributed by atoms with Crippen LogP contribution >= 0.6 is 11.3 Å². The van der Waals surface area contributed by atoms with Crippen molar-refractivity contribution in [3.8, 4) is 0 Å². The standard InChI is InChI=1S/C22H21N3O4S2/c1-31(28,29)25-18-8-4-7-17(12-18)23-22(27)20-11-16(13-30-20)21(26)24-19-9-14-5-2-3-6-15(14)10-19/h2-8,11-13,19,25H,9-10H2,1H3,(H,23,27)(H,24,26). The fourth-order valence-electron chi connectivity index (χ4n) is 3.57. The number of carbonyl (C=O) groups excluding carboxylic acids is 2. The van der Waals surface area contributed by atoms with E-state index in [0.717, 1.165) is 19.1 Å². The quantitative estimate of drug-likeness (QED) is 0.531. The molecular weight excluding hydrogens is 434 g/mol. The van der Waals surface area contributed by atoms with Crippen molar-refractivity contribution in [2.24, 2.45) is 0 Å². The molecule has 1 heterocycles. The van der Waals surface area contributed by atoms with Crippen molar-refractivity contribution in [3.05, 3.63) is 81.5 Å². The summed E-state index contributed by atoms with van der Waals surface area (Å²) in [5.74, 6) is -0.568. The number of thiophene rings is 1. The first-order chi connectivity index (χ1) is 14.8. The Labute approximate surface area is 184 Å². The van der Waals surface area contributed by atoms with E-state index < -0.39 is 10.0 Å². The van der Waals surface area contributed by atoms with E-state index in [9.17, 15) is 18.0 Å². The van der Waals surface area contributed by atoms with Gasteiger partial charge in [0.15, 0.2) is 0 Å². The molecule has 3 aromatic rings. The molecule has 0 atom stereocenters. The minimum absolute atomic E-state index is 0.0483. The molecule has 160 valence electrons. The van der Waals surface area contributed by atoms with Crippen molar-refractivity contribution in [2.75, 3.05) is 16.3 Å². The number of hydrogen-bond donors (Lipinski definition) is 3. The number of anilines is 2. The van der Waals surface area contributed by atoms with E-state index in [2.05, 4.69) is 27.5 Å². The van der Waals surface area contributed by atoms with E-state index in [0.29, 0.717) is 21.8 Å². The van der Waals surface area contributed by atoms with Gasteiger partial charge in [0, 0.05) is 17.1 Å². The Morgan fingerprint density at radius 1 is 0.935 bits per heavy atom. The third-order valence-electron chi connectivity index (χ3n) is 4.90. The summed E-state index contributed by atoms with van der Waals surface area (Å²) in [6.45, 7) is 0. The maximum atomic E-state index is 12.6. The Morgan fingerprint density at radius 3 is 2.29 bits per heavy atom.